The summed E-state index contributed by atoms with van der Waals surface area (Å²) < 4.78 is 10.9. The largest absolute Gasteiger partial charge is 0.496 e. The van der Waals surface area contributed by atoms with Gasteiger partial charge in [-0.2, -0.15) is 0 Å². The van der Waals surface area contributed by atoms with Gasteiger partial charge in [-0.05, 0) is 43.5 Å². The Morgan fingerprint density at radius 1 is 1.03 bits per heavy atom. The molecule has 154 valence electrons. The Balaban J connectivity index is 1.37. The molecule has 0 radical (unpaired) electrons. The van der Waals surface area contributed by atoms with Gasteiger partial charge in [0.2, 0.25) is 5.91 Å². The van der Waals surface area contributed by atoms with Crippen LogP contribution in [0.5, 0.6) is 11.5 Å². The van der Waals surface area contributed by atoms with E-state index < -0.39 is 0 Å². The van der Waals surface area contributed by atoms with Crippen LogP contribution in [0.25, 0.3) is 0 Å². The van der Waals surface area contributed by atoms with Gasteiger partial charge in [0, 0.05) is 25.6 Å². The van der Waals surface area contributed by atoms with Gasteiger partial charge in [-0.1, -0.05) is 30.3 Å². The van der Waals surface area contributed by atoms with Crippen molar-refractivity contribution in [1.82, 2.24) is 10.2 Å². The van der Waals surface area contributed by atoms with Crippen LogP contribution in [0.2, 0.25) is 0 Å². The molecule has 1 aliphatic heterocycles. The number of para-hydroxylation sites is 2. The molecule has 2 aromatic carbocycles. The number of rotatable bonds is 8. The number of hydrogen-bond donors (Lipinski definition) is 1. The molecule has 0 spiro atoms. The quantitative estimate of drug-likeness (QED) is 0.696. The van der Waals surface area contributed by atoms with Gasteiger partial charge >= 0.3 is 0 Å². The standard InChI is InChI=1S/C23H28N2O4/c1-28-21-11-6-5-10-20(21)23(27)25-15-13-18(14-16-25)24-22(26)12-7-17-29-19-8-3-2-4-9-19/h2-6,8-11,18H,7,12-17H2,1H3,(H,24,26). The van der Waals surface area contributed by atoms with Crippen molar-refractivity contribution in [1.29, 1.82) is 0 Å². The van der Waals surface area contributed by atoms with Crippen molar-refractivity contribution in [3.8, 4) is 11.5 Å². The third-order valence-corrected chi connectivity index (χ3v) is 5.04. The smallest absolute Gasteiger partial charge is 0.257 e. The number of benzene rings is 2. The molecule has 0 aliphatic carbocycles. The fraction of sp³-hybridized carbons (Fsp3) is 0.391. The second-order valence-electron chi connectivity index (χ2n) is 7.10. The Morgan fingerprint density at radius 3 is 2.45 bits per heavy atom. The Labute approximate surface area is 171 Å². The molecule has 0 unspecified atom stereocenters. The minimum atomic E-state index is -0.0229. The van der Waals surface area contributed by atoms with E-state index in [4.69, 9.17) is 9.47 Å². The van der Waals surface area contributed by atoms with E-state index >= 15 is 0 Å². The number of methoxy groups -OCH3 is 1. The normalized spacial score (nSPS) is 14.3. The summed E-state index contributed by atoms with van der Waals surface area (Å²) in [4.78, 5) is 26.8. The average molecular weight is 396 g/mol. The molecule has 1 aliphatic rings. The molecular weight excluding hydrogens is 368 g/mol. The summed E-state index contributed by atoms with van der Waals surface area (Å²) in [5, 5.41) is 3.08. The van der Waals surface area contributed by atoms with E-state index in [2.05, 4.69) is 5.32 Å². The highest BCUT2D eigenvalue weighted by Gasteiger charge is 2.25. The molecular formula is C23H28N2O4. The zero-order valence-corrected chi connectivity index (χ0v) is 16.8. The number of nitrogens with one attached hydrogen (secondary N) is 1. The van der Waals surface area contributed by atoms with E-state index in [0.717, 1.165) is 18.6 Å². The van der Waals surface area contributed by atoms with Crippen molar-refractivity contribution in [3.05, 3.63) is 60.2 Å². The van der Waals surface area contributed by atoms with Gasteiger partial charge in [0.15, 0.2) is 0 Å². The molecule has 1 saturated heterocycles. The van der Waals surface area contributed by atoms with Gasteiger partial charge < -0.3 is 19.7 Å². The van der Waals surface area contributed by atoms with Gasteiger partial charge in [-0.3, -0.25) is 9.59 Å². The minimum Gasteiger partial charge on any atom is -0.496 e. The van der Waals surface area contributed by atoms with Crippen molar-refractivity contribution in [2.75, 3.05) is 26.8 Å². The second-order valence-corrected chi connectivity index (χ2v) is 7.10. The summed E-state index contributed by atoms with van der Waals surface area (Å²) in [7, 11) is 1.57. The van der Waals surface area contributed by atoms with Crippen molar-refractivity contribution < 1.29 is 19.1 Å². The summed E-state index contributed by atoms with van der Waals surface area (Å²) in [6, 6.07) is 17.0. The minimum absolute atomic E-state index is 0.0229. The number of amides is 2. The number of carbonyl (C=O) groups excluding carboxylic acids is 2. The summed E-state index contributed by atoms with van der Waals surface area (Å²) >= 11 is 0. The molecule has 0 saturated carbocycles. The van der Waals surface area contributed by atoms with Gasteiger partial charge in [0.05, 0.1) is 19.3 Å². The predicted molar refractivity (Wildman–Crippen MR) is 111 cm³/mol. The van der Waals surface area contributed by atoms with E-state index in [9.17, 15) is 9.59 Å². The maximum absolute atomic E-state index is 12.7. The van der Waals surface area contributed by atoms with Gasteiger partial charge in [-0.15, -0.1) is 0 Å². The molecule has 6 heteroatoms. The van der Waals surface area contributed by atoms with Crippen LogP contribution in [0.4, 0.5) is 0 Å². The molecule has 2 aromatic rings. The van der Waals surface area contributed by atoms with Crippen LogP contribution < -0.4 is 14.8 Å². The van der Waals surface area contributed by atoms with E-state index in [-0.39, 0.29) is 17.9 Å². The molecule has 0 atom stereocenters. The maximum atomic E-state index is 12.7. The Bertz CT molecular complexity index is 802. The third-order valence-electron chi connectivity index (χ3n) is 5.04. The van der Waals surface area contributed by atoms with Crippen LogP contribution in [-0.2, 0) is 4.79 Å². The highest BCUT2D eigenvalue weighted by molar-refractivity contribution is 5.97. The fourth-order valence-corrected chi connectivity index (χ4v) is 3.46. The maximum Gasteiger partial charge on any atom is 0.257 e. The number of hydrogen-bond acceptors (Lipinski definition) is 4. The first kappa shape index (κ1) is 20.7. The van der Waals surface area contributed by atoms with E-state index in [1.165, 1.54) is 0 Å². The zero-order valence-electron chi connectivity index (χ0n) is 16.8. The predicted octanol–water partition coefficient (Wildman–Crippen LogP) is 3.28. The van der Waals surface area contributed by atoms with Gasteiger partial charge in [0.25, 0.3) is 5.91 Å². The fourth-order valence-electron chi connectivity index (χ4n) is 3.46. The number of piperidine rings is 1. The van der Waals surface area contributed by atoms with E-state index in [1.807, 2.05) is 47.4 Å². The summed E-state index contributed by atoms with van der Waals surface area (Å²) in [6.07, 6.45) is 2.62. The lowest BCUT2D eigenvalue weighted by atomic mass is 10.0. The van der Waals surface area contributed by atoms with Crippen molar-refractivity contribution >= 4 is 11.8 Å². The molecule has 0 aromatic heterocycles. The molecule has 3 rings (SSSR count). The molecule has 1 fully saturated rings. The monoisotopic (exact) mass is 396 g/mol. The average Bonchev–Trinajstić information content (AvgIpc) is 2.77. The molecule has 0 bridgehead atoms. The molecule has 1 heterocycles. The van der Waals surface area contributed by atoms with Crippen LogP contribution in [0.1, 0.15) is 36.0 Å². The second kappa shape index (κ2) is 10.5. The first-order chi connectivity index (χ1) is 14.2. The lowest BCUT2D eigenvalue weighted by molar-refractivity contribution is -0.122. The summed E-state index contributed by atoms with van der Waals surface area (Å²) in [5.41, 5.74) is 0.580. The van der Waals surface area contributed by atoms with Crippen molar-refractivity contribution in [2.24, 2.45) is 0 Å². The van der Waals surface area contributed by atoms with E-state index in [1.54, 1.807) is 19.2 Å². The lowest BCUT2D eigenvalue weighted by Crippen LogP contribution is -2.46. The van der Waals surface area contributed by atoms with Crippen molar-refractivity contribution in [2.45, 2.75) is 31.7 Å². The van der Waals surface area contributed by atoms with Crippen LogP contribution >= 0.6 is 0 Å². The molecule has 29 heavy (non-hydrogen) atoms. The summed E-state index contributed by atoms with van der Waals surface area (Å²) in [5.74, 6) is 1.42. The SMILES string of the molecule is COc1ccccc1C(=O)N1CCC(NC(=O)CCCOc2ccccc2)CC1. The van der Waals surface area contributed by atoms with Gasteiger partial charge in [0.1, 0.15) is 11.5 Å². The van der Waals surface area contributed by atoms with Crippen LogP contribution in [-0.4, -0.2) is 49.6 Å². The molecule has 2 amide bonds. The highest BCUT2D eigenvalue weighted by atomic mass is 16.5. The Morgan fingerprint density at radius 2 is 1.72 bits per heavy atom. The topological polar surface area (TPSA) is 67.9 Å². The highest BCUT2D eigenvalue weighted by Crippen LogP contribution is 2.21. The zero-order chi connectivity index (χ0) is 20.5. The van der Waals surface area contributed by atoms with Gasteiger partial charge in [-0.25, -0.2) is 0 Å². The third kappa shape index (κ3) is 5.98. The van der Waals surface area contributed by atoms with Crippen LogP contribution in [0.15, 0.2) is 54.6 Å². The van der Waals surface area contributed by atoms with Crippen LogP contribution in [0.3, 0.4) is 0 Å². The summed E-state index contributed by atoms with van der Waals surface area (Å²) in [6.45, 7) is 1.77. The molecule has 1 N–H and O–H groups in total. The molecule has 6 nitrogen and oxygen atoms in total. The van der Waals surface area contributed by atoms with E-state index in [0.29, 0.717) is 43.9 Å². The number of carbonyl (C=O) groups is 2. The lowest BCUT2D eigenvalue weighted by Gasteiger charge is -2.32. The van der Waals surface area contributed by atoms with Crippen molar-refractivity contribution in [3.63, 3.8) is 0 Å². The first-order valence-corrected chi connectivity index (χ1v) is 10.1. The Kier molecular flexibility index (Phi) is 7.50. The first-order valence-electron chi connectivity index (χ1n) is 10.1. The van der Waals surface area contributed by atoms with Crippen LogP contribution in [0, 0.1) is 0 Å². The Hall–Kier alpha value is -3.02. The number of ether oxygens (including phenoxy) is 2. The number of nitrogens with zero attached hydrogens (tertiary/aromatic N) is 1. The number of likely N-dealkylation sites (tertiary alicyclic amines) is 1.